The maximum atomic E-state index is 12.3. The lowest BCUT2D eigenvalue weighted by Crippen LogP contribution is -2.32. The van der Waals surface area contributed by atoms with Crippen molar-refractivity contribution in [3.05, 3.63) is 65.7 Å². The van der Waals surface area contributed by atoms with E-state index in [-0.39, 0.29) is 18.3 Å². The van der Waals surface area contributed by atoms with Gasteiger partial charge in [0.1, 0.15) is 5.75 Å². The zero-order valence-corrected chi connectivity index (χ0v) is 15.0. The number of benzene rings is 2. The highest BCUT2D eigenvalue weighted by Gasteiger charge is 2.26. The van der Waals surface area contributed by atoms with Crippen molar-refractivity contribution in [3.8, 4) is 5.75 Å². The largest absolute Gasteiger partial charge is 0.482 e. The van der Waals surface area contributed by atoms with Gasteiger partial charge in [-0.1, -0.05) is 30.3 Å². The summed E-state index contributed by atoms with van der Waals surface area (Å²) >= 11 is 0. The van der Waals surface area contributed by atoms with Crippen LogP contribution in [0.25, 0.3) is 0 Å². The van der Waals surface area contributed by atoms with E-state index in [4.69, 9.17) is 9.47 Å². The number of rotatable bonds is 7. The number of nitrogens with zero attached hydrogens (tertiary/aromatic N) is 1. The molecule has 2 aromatic rings. The van der Waals surface area contributed by atoms with Crippen molar-refractivity contribution in [2.45, 2.75) is 13.0 Å². The lowest BCUT2D eigenvalue weighted by Gasteiger charge is -2.21. The highest BCUT2D eigenvalue weighted by atomic mass is 16.6. The first kappa shape index (κ1) is 19.2. The van der Waals surface area contributed by atoms with E-state index in [1.54, 1.807) is 62.6 Å². The van der Waals surface area contributed by atoms with Crippen molar-refractivity contribution in [1.82, 2.24) is 4.90 Å². The predicted octanol–water partition coefficient (Wildman–Crippen LogP) is 2.64. The van der Waals surface area contributed by atoms with Gasteiger partial charge in [-0.25, -0.2) is 4.79 Å². The van der Waals surface area contributed by atoms with E-state index in [0.717, 1.165) is 0 Å². The van der Waals surface area contributed by atoms with Gasteiger partial charge < -0.3 is 14.4 Å². The zero-order valence-electron chi connectivity index (χ0n) is 15.0. The zero-order chi connectivity index (χ0) is 19.1. The molecule has 0 saturated carbocycles. The van der Waals surface area contributed by atoms with E-state index in [0.29, 0.717) is 16.9 Å². The van der Waals surface area contributed by atoms with Crippen LogP contribution >= 0.6 is 0 Å². The molecule has 0 fully saturated rings. The number of likely N-dealkylation sites (N-methyl/N-ethyl adjacent to an activating group) is 1. The molecule has 0 aliphatic carbocycles. The summed E-state index contributed by atoms with van der Waals surface area (Å²) in [5.74, 6) is -0.619. The Bertz CT molecular complexity index is 769. The summed E-state index contributed by atoms with van der Waals surface area (Å²) in [6.45, 7) is 1.13. The summed E-state index contributed by atoms with van der Waals surface area (Å²) in [6, 6.07) is 15.2. The minimum absolute atomic E-state index is 0.0520. The Morgan fingerprint density at radius 3 is 2.12 bits per heavy atom. The number of amides is 1. The topological polar surface area (TPSA) is 72.9 Å². The number of esters is 1. The molecule has 0 heterocycles. The van der Waals surface area contributed by atoms with Gasteiger partial charge in [-0.3, -0.25) is 9.59 Å². The van der Waals surface area contributed by atoms with Crippen molar-refractivity contribution in [2.75, 3.05) is 20.7 Å². The maximum Gasteiger partial charge on any atom is 0.345 e. The molecule has 6 nitrogen and oxygen atoms in total. The van der Waals surface area contributed by atoms with Crippen molar-refractivity contribution < 1.29 is 23.9 Å². The minimum Gasteiger partial charge on any atom is -0.482 e. The van der Waals surface area contributed by atoms with Crippen LogP contribution in [-0.2, 0) is 14.3 Å². The summed E-state index contributed by atoms with van der Waals surface area (Å²) in [7, 11) is 3.19. The number of ketones is 1. The van der Waals surface area contributed by atoms with Gasteiger partial charge in [0.25, 0.3) is 5.91 Å². The molecule has 6 heteroatoms. The number of hydrogen-bond donors (Lipinski definition) is 0. The lowest BCUT2D eigenvalue weighted by molar-refractivity contribution is -0.161. The van der Waals surface area contributed by atoms with Crippen LogP contribution in [-0.4, -0.2) is 43.3 Å². The maximum absolute atomic E-state index is 12.3. The number of carbonyl (C=O) groups is 3. The SMILES string of the molecule is CC(=O)c1ccc(OCC(=O)O[C@H](C(=O)N(C)C)c2ccccc2)cc1. The summed E-state index contributed by atoms with van der Waals surface area (Å²) in [6.07, 6.45) is -1.03. The predicted molar refractivity (Wildman–Crippen MR) is 95.9 cm³/mol. The molecule has 1 atom stereocenters. The van der Waals surface area contributed by atoms with Gasteiger partial charge in [0.05, 0.1) is 0 Å². The molecule has 1 amide bonds. The van der Waals surface area contributed by atoms with Crippen molar-refractivity contribution >= 4 is 17.7 Å². The van der Waals surface area contributed by atoms with Crippen LogP contribution in [0.1, 0.15) is 28.9 Å². The smallest absolute Gasteiger partial charge is 0.345 e. The van der Waals surface area contributed by atoms with Crippen LogP contribution in [0.4, 0.5) is 0 Å². The Morgan fingerprint density at radius 1 is 0.962 bits per heavy atom. The van der Waals surface area contributed by atoms with Gasteiger partial charge in [-0.05, 0) is 31.2 Å². The molecule has 26 heavy (non-hydrogen) atoms. The molecule has 136 valence electrons. The van der Waals surface area contributed by atoms with Crippen LogP contribution in [0, 0.1) is 0 Å². The molecular formula is C20H21NO5. The summed E-state index contributed by atoms with van der Waals surface area (Å²) in [4.78, 5) is 37.1. The van der Waals surface area contributed by atoms with E-state index < -0.39 is 12.1 Å². The quantitative estimate of drug-likeness (QED) is 0.564. The number of Topliss-reactive ketones (excluding diaryl/α,β-unsaturated/α-hetero) is 1. The van der Waals surface area contributed by atoms with E-state index in [9.17, 15) is 14.4 Å². The molecule has 0 spiro atoms. The molecule has 0 aromatic heterocycles. The Balaban J connectivity index is 2.00. The number of carbonyl (C=O) groups excluding carboxylic acids is 3. The molecule has 0 radical (unpaired) electrons. The third-order valence-corrected chi connectivity index (χ3v) is 3.63. The third kappa shape index (κ3) is 5.17. The first-order valence-corrected chi connectivity index (χ1v) is 8.08. The Hall–Kier alpha value is -3.15. The monoisotopic (exact) mass is 355 g/mol. The van der Waals surface area contributed by atoms with E-state index in [1.165, 1.54) is 11.8 Å². The van der Waals surface area contributed by atoms with Gasteiger partial charge in [0.15, 0.2) is 12.4 Å². The van der Waals surface area contributed by atoms with Crippen molar-refractivity contribution in [2.24, 2.45) is 0 Å². The second kappa shape index (κ2) is 8.80. The Morgan fingerprint density at radius 2 is 1.58 bits per heavy atom. The first-order chi connectivity index (χ1) is 12.4. The lowest BCUT2D eigenvalue weighted by atomic mass is 10.1. The van der Waals surface area contributed by atoms with Gasteiger partial charge in [-0.15, -0.1) is 0 Å². The van der Waals surface area contributed by atoms with Gasteiger partial charge >= 0.3 is 5.97 Å². The van der Waals surface area contributed by atoms with Crippen LogP contribution in [0.5, 0.6) is 5.75 Å². The molecular weight excluding hydrogens is 334 g/mol. The minimum atomic E-state index is -1.03. The highest BCUT2D eigenvalue weighted by molar-refractivity contribution is 5.94. The summed E-state index contributed by atoms with van der Waals surface area (Å²) in [5.41, 5.74) is 1.14. The Kier molecular flexibility index (Phi) is 6.49. The van der Waals surface area contributed by atoms with Gasteiger partial charge in [-0.2, -0.15) is 0 Å². The summed E-state index contributed by atoms with van der Waals surface area (Å²) < 4.78 is 10.7. The molecule has 2 aromatic carbocycles. The molecule has 2 rings (SSSR count). The number of hydrogen-bond acceptors (Lipinski definition) is 5. The van der Waals surface area contributed by atoms with Gasteiger partial charge in [0, 0.05) is 25.2 Å². The van der Waals surface area contributed by atoms with Crippen LogP contribution in [0.2, 0.25) is 0 Å². The van der Waals surface area contributed by atoms with E-state index in [2.05, 4.69) is 0 Å². The third-order valence-electron chi connectivity index (χ3n) is 3.63. The average molecular weight is 355 g/mol. The second-order valence-electron chi connectivity index (χ2n) is 5.88. The fourth-order valence-corrected chi connectivity index (χ4v) is 2.22. The molecule has 0 saturated heterocycles. The van der Waals surface area contributed by atoms with Crippen LogP contribution in [0.15, 0.2) is 54.6 Å². The molecule has 0 unspecified atom stereocenters. The van der Waals surface area contributed by atoms with E-state index >= 15 is 0 Å². The van der Waals surface area contributed by atoms with Crippen molar-refractivity contribution in [3.63, 3.8) is 0 Å². The highest BCUT2D eigenvalue weighted by Crippen LogP contribution is 2.20. The van der Waals surface area contributed by atoms with Crippen molar-refractivity contribution in [1.29, 1.82) is 0 Å². The molecule has 0 bridgehead atoms. The molecule has 0 aliphatic heterocycles. The Labute approximate surface area is 152 Å². The summed E-state index contributed by atoms with van der Waals surface area (Å²) in [5, 5.41) is 0. The first-order valence-electron chi connectivity index (χ1n) is 8.08. The fourth-order valence-electron chi connectivity index (χ4n) is 2.22. The average Bonchev–Trinajstić information content (AvgIpc) is 2.64. The van der Waals surface area contributed by atoms with Crippen LogP contribution < -0.4 is 4.74 Å². The standard InChI is InChI=1S/C20H21NO5/c1-14(22)15-9-11-17(12-10-15)25-13-18(23)26-19(20(24)21(2)3)16-7-5-4-6-8-16/h4-12,19H,13H2,1-3H3/t19-/m0/s1. The van der Waals surface area contributed by atoms with Crippen LogP contribution in [0.3, 0.4) is 0 Å². The number of ether oxygens (including phenoxy) is 2. The molecule has 0 aliphatic rings. The normalized spacial score (nSPS) is 11.3. The fraction of sp³-hybridized carbons (Fsp3) is 0.250. The molecule has 0 N–H and O–H groups in total. The van der Waals surface area contributed by atoms with E-state index in [1.807, 2.05) is 6.07 Å². The second-order valence-corrected chi connectivity index (χ2v) is 5.88. The van der Waals surface area contributed by atoms with Gasteiger partial charge in [0.2, 0.25) is 6.10 Å².